The lowest BCUT2D eigenvalue weighted by atomic mass is 10.2. The molecule has 0 radical (unpaired) electrons. The van der Waals surface area contributed by atoms with Gasteiger partial charge in [0.25, 0.3) is 5.91 Å². The highest BCUT2D eigenvalue weighted by atomic mass is 35.5. The van der Waals surface area contributed by atoms with Gasteiger partial charge in [-0.3, -0.25) is 9.78 Å². The number of amides is 1. The van der Waals surface area contributed by atoms with Crippen molar-refractivity contribution in [1.82, 2.24) is 4.98 Å². The Kier molecular flexibility index (Phi) is 6.28. The second kappa shape index (κ2) is 9.05. The number of hydrogen-bond acceptors (Lipinski definition) is 4. The van der Waals surface area contributed by atoms with Crippen molar-refractivity contribution in [1.29, 1.82) is 0 Å². The lowest BCUT2D eigenvalue weighted by Gasteiger charge is -2.15. The number of hydrogen-bond donors (Lipinski definition) is 1. The highest BCUT2D eigenvalue weighted by Crippen LogP contribution is 2.21. The second-order valence-corrected chi connectivity index (χ2v) is 6.28. The normalized spacial score (nSPS) is 11.5. The molecule has 0 aliphatic carbocycles. The van der Waals surface area contributed by atoms with E-state index in [1.807, 2.05) is 30.3 Å². The molecule has 138 valence electrons. The number of ether oxygens (including phenoxy) is 2. The van der Waals surface area contributed by atoms with Crippen molar-refractivity contribution in [3.8, 4) is 11.5 Å². The Labute approximate surface area is 162 Å². The summed E-state index contributed by atoms with van der Waals surface area (Å²) in [6.45, 7) is 2.03. The van der Waals surface area contributed by atoms with Crippen LogP contribution in [-0.4, -0.2) is 17.0 Å². The number of anilines is 1. The molecule has 2 aromatic carbocycles. The maximum Gasteiger partial charge on any atom is 0.265 e. The molecule has 1 unspecified atom stereocenters. The fraction of sp³-hybridized carbons (Fsp3) is 0.143. The molecule has 0 saturated carbocycles. The van der Waals surface area contributed by atoms with Gasteiger partial charge in [0.05, 0.1) is 5.69 Å². The van der Waals surface area contributed by atoms with Gasteiger partial charge in [-0.25, -0.2) is 0 Å². The number of nitrogens with one attached hydrogen (secondary N) is 1. The van der Waals surface area contributed by atoms with Gasteiger partial charge >= 0.3 is 0 Å². The summed E-state index contributed by atoms with van der Waals surface area (Å²) < 4.78 is 11.4. The molecule has 1 aromatic heterocycles. The Hall–Kier alpha value is -3.05. The van der Waals surface area contributed by atoms with Crippen LogP contribution in [0.4, 0.5) is 5.69 Å². The van der Waals surface area contributed by atoms with Crippen LogP contribution in [0.1, 0.15) is 12.6 Å². The molecule has 1 atom stereocenters. The highest BCUT2D eigenvalue weighted by Gasteiger charge is 2.15. The molecule has 1 amide bonds. The topological polar surface area (TPSA) is 60.5 Å². The summed E-state index contributed by atoms with van der Waals surface area (Å²) in [7, 11) is 0. The number of aromatic nitrogens is 1. The minimum Gasteiger partial charge on any atom is -0.487 e. The number of halogens is 1. The van der Waals surface area contributed by atoms with Gasteiger partial charge in [0.2, 0.25) is 0 Å². The van der Waals surface area contributed by atoms with Crippen LogP contribution in [0, 0.1) is 0 Å². The van der Waals surface area contributed by atoms with Crippen molar-refractivity contribution in [2.45, 2.75) is 19.6 Å². The molecule has 0 bridgehead atoms. The van der Waals surface area contributed by atoms with E-state index in [2.05, 4.69) is 10.3 Å². The van der Waals surface area contributed by atoms with Crippen molar-refractivity contribution >= 4 is 23.2 Å². The largest absolute Gasteiger partial charge is 0.487 e. The summed E-state index contributed by atoms with van der Waals surface area (Å²) in [4.78, 5) is 16.6. The van der Waals surface area contributed by atoms with E-state index in [0.717, 1.165) is 5.69 Å². The maximum atomic E-state index is 12.4. The first-order chi connectivity index (χ1) is 13.1. The molecule has 3 rings (SSSR count). The Bertz CT molecular complexity index is 903. The monoisotopic (exact) mass is 382 g/mol. The Morgan fingerprint density at radius 3 is 2.67 bits per heavy atom. The van der Waals surface area contributed by atoms with Crippen LogP contribution in [0.3, 0.4) is 0 Å². The Morgan fingerprint density at radius 1 is 1.07 bits per heavy atom. The Balaban J connectivity index is 1.57. The number of benzene rings is 2. The molecule has 1 N–H and O–H groups in total. The predicted octanol–water partition coefficient (Wildman–Crippen LogP) is 4.72. The van der Waals surface area contributed by atoms with Crippen molar-refractivity contribution < 1.29 is 14.3 Å². The highest BCUT2D eigenvalue weighted by molar-refractivity contribution is 6.30. The number of carbonyl (C=O) groups excluding carboxylic acids is 1. The van der Waals surface area contributed by atoms with Crippen LogP contribution < -0.4 is 14.8 Å². The predicted molar refractivity (Wildman–Crippen MR) is 105 cm³/mol. The van der Waals surface area contributed by atoms with Crippen molar-refractivity contribution in [2.75, 3.05) is 5.32 Å². The third-order valence-electron chi connectivity index (χ3n) is 3.69. The summed E-state index contributed by atoms with van der Waals surface area (Å²) in [5.74, 6) is 0.913. The van der Waals surface area contributed by atoms with Crippen LogP contribution in [0.15, 0.2) is 72.9 Å². The van der Waals surface area contributed by atoms with E-state index < -0.39 is 6.10 Å². The number of carbonyl (C=O) groups is 1. The van der Waals surface area contributed by atoms with Crippen molar-refractivity contribution in [2.24, 2.45) is 0 Å². The molecule has 6 heteroatoms. The average molecular weight is 383 g/mol. The van der Waals surface area contributed by atoms with Crippen molar-refractivity contribution in [3.05, 3.63) is 83.6 Å². The molecule has 0 aliphatic heterocycles. The quantitative estimate of drug-likeness (QED) is 0.642. The first-order valence-electron chi connectivity index (χ1n) is 8.46. The molecule has 1 heterocycles. The zero-order valence-corrected chi connectivity index (χ0v) is 15.5. The smallest absolute Gasteiger partial charge is 0.265 e. The lowest BCUT2D eigenvalue weighted by Crippen LogP contribution is -2.30. The minimum atomic E-state index is -0.679. The van der Waals surface area contributed by atoms with Gasteiger partial charge in [-0.1, -0.05) is 29.8 Å². The summed E-state index contributed by atoms with van der Waals surface area (Å²) in [5, 5.41) is 3.38. The number of pyridine rings is 1. The number of nitrogens with zero attached hydrogens (tertiary/aromatic N) is 1. The zero-order valence-electron chi connectivity index (χ0n) is 14.8. The SMILES string of the molecule is CC(Oc1cccc(Cl)c1)C(=O)Nc1cccc(OCc2ccccn2)c1. The molecule has 0 saturated heterocycles. The molecule has 0 fully saturated rings. The first kappa shape index (κ1) is 18.7. The van der Waals surface area contributed by atoms with E-state index in [9.17, 15) is 4.79 Å². The summed E-state index contributed by atoms with van der Waals surface area (Å²) >= 11 is 5.93. The van der Waals surface area contributed by atoms with Crippen LogP contribution in [-0.2, 0) is 11.4 Å². The van der Waals surface area contributed by atoms with Crippen molar-refractivity contribution in [3.63, 3.8) is 0 Å². The van der Waals surface area contributed by atoms with E-state index >= 15 is 0 Å². The summed E-state index contributed by atoms with van der Waals surface area (Å²) in [6.07, 6.45) is 1.04. The van der Waals surface area contributed by atoms with Gasteiger partial charge in [0.15, 0.2) is 6.10 Å². The van der Waals surface area contributed by atoms with Crippen LogP contribution in [0.2, 0.25) is 5.02 Å². The molecular weight excluding hydrogens is 364 g/mol. The van der Waals surface area contributed by atoms with Crippen LogP contribution in [0.25, 0.3) is 0 Å². The van der Waals surface area contributed by atoms with Gasteiger partial charge in [-0.15, -0.1) is 0 Å². The molecule has 27 heavy (non-hydrogen) atoms. The second-order valence-electron chi connectivity index (χ2n) is 5.84. The molecule has 0 aliphatic rings. The minimum absolute atomic E-state index is 0.267. The molecule has 5 nitrogen and oxygen atoms in total. The fourth-order valence-corrected chi connectivity index (χ4v) is 2.53. The van der Waals surface area contributed by atoms with Crippen LogP contribution in [0.5, 0.6) is 11.5 Å². The number of rotatable bonds is 7. The van der Waals surface area contributed by atoms with E-state index in [0.29, 0.717) is 28.8 Å². The molecule has 0 spiro atoms. The standard InChI is InChI=1S/C21H19ClN2O3/c1-15(27-20-10-4-6-16(22)12-20)21(25)24-17-8-5-9-19(13-17)26-14-18-7-2-3-11-23-18/h2-13,15H,14H2,1H3,(H,24,25). The first-order valence-corrected chi connectivity index (χ1v) is 8.84. The third kappa shape index (κ3) is 5.72. The fourth-order valence-electron chi connectivity index (χ4n) is 2.35. The lowest BCUT2D eigenvalue weighted by molar-refractivity contribution is -0.122. The van der Waals surface area contributed by atoms with E-state index in [1.165, 1.54) is 0 Å². The van der Waals surface area contributed by atoms with E-state index in [-0.39, 0.29) is 5.91 Å². The zero-order chi connectivity index (χ0) is 19.1. The van der Waals surface area contributed by atoms with Gasteiger partial charge in [-0.05, 0) is 49.4 Å². The summed E-state index contributed by atoms with van der Waals surface area (Å²) in [6, 6.07) is 19.8. The summed E-state index contributed by atoms with van der Waals surface area (Å²) in [5.41, 5.74) is 1.45. The molecular formula is C21H19ClN2O3. The average Bonchev–Trinajstić information content (AvgIpc) is 2.67. The maximum absolute atomic E-state index is 12.4. The molecule has 3 aromatic rings. The van der Waals surface area contributed by atoms with E-state index in [1.54, 1.807) is 49.5 Å². The van der Waals surface area contributed by atoms with Gasteiger partial charge in [0.1, 0.15) is 18.1 Å². The van der Waals surface area contributed by atoms with E-state index in [4.69, 9.17) is 21.1 Å². The van der Waals surface area contributed by atoms with Gasteiger partial charge < -0.3 is 14.8 Å². The third-order valence-corrected chi connectivity index (χ3v) is 3.93. The van der Waals surface area contributed by atoms with Gasteiger partial charge in [-0.2, -0.15) is 0 Å². The van der Waals surface area contributed by atoms with Gasteiger partial charge in [0, 0.05) is 23.0 Å². The Morgan fingerprint density at radius 2 is 1.89 bits per heavy atom. The van der Waals surface area contributed by atoms with Crippen LogP contribution >= 0.6 is 11.6 Å².